The lowest BCUT2D eigenvalue weighted by Crippen LogP contribution is -2.43. The number of para-hydroxylation sites is 7. The largest absolute Gasteiger partial charge is 0.507 e. The highest BCUT2D eigenvalue weighted by Crippen LogP contribution is 2.39. The van der Waals surface area contributed by atoms with Crippen LogP contribution in [0.15, 0.2) is 220 Å². The number of aryl methyl sites for hydroxylation is 1. The number of phenols is 2. The number of imide groups is 2. The van der Waals surface area contributed by atoms with Crippen LogP contribution in [0.3, 0.4) is 0 Å². The van der Waals surface area contributed by atoms with Crippen molar-refractivity contribution in [3.8, 4) is 40.2 Å². The highest BCUT2D eigenvalue weighted by molar-refractivity contribution is 9.11. The van der Waals surface area contributed by atoms with Gasteiger partial charge in [0.2, 0.25) is 6.29 Å². The van der Waals surface area contributed by atoms with Gasteiger partial charge in [-0.1, -0.05) is 174 Å². The van der Waals surface area contributed by atoms with Crippen molar-refractivity contribution in [2.24, 2.45) is 0 Å². The zero-order valence-corrected chi connectivity index (χ0v) is 92.5. The van der Waals surface area contributed by atoms with Gasteiger partial charge in [0.15, 0.2) is 0 Å². The second kappa shape index (κ2) is 64.2. The van der Waals surface area contributed by atoms with Gasteiger partial charge in [-0.15, -0.1) is 19.7 Å². The first kappa shape index (κ1) is 128. The van der Waals surface area contributed by atoms with E-state index in [-0.39, 0.29) is 77.2 Å². The molecular formula is C107H142Br5F3N4O24. The maximum atomic E-state index is 12.5. The topological polar surface area (TPSA) is 373 Å². The summed E-state index contributed by atoms with van der Waals surface area (Å²) in [6.07, 6.45) is 9.04. The van der Waals surface area contributed by atoms with Gasteiger partial charge in [-0.2, -0.15) is 13.2 Å². The number of nitrogens with one attached hydrogen (secondary N) is 2. The summed E-state index contributed by atoms with van der Waals surface area (Å²) in [6.45, 7) is 47.4. The molecule has 0 aromatic heterocycles. The number of halogens is 8. The smallest absolute Gasteiger partial charge is 0.446 e. The molecule has 0 bridgehead atoms. The molecule has 11 rings (SSSR count). The average Bonchev–Trinajstić information content (AvgIpc) is 1.66. The minimum atomic E-state index is -4.64. The molecule has 28 nitrogen and oxygen atoms in total. The molecule has 4 unspecified atom stereocenters. The number of fused-ring (bicyclic) bond motifs is 4. The molecule has 8 N–H and O–H groups in total. The summed E-state index contributed by atoms with van der Waals surface area (Å²) in [7, 11) is 0. The highest BCUT2D eigenvalue weighted by Gasteiger charge is 2.35. The number of amides is 6. The maximum Gasteiger partial charge on any atom is 0.446 e. The molecule has 0 saturated carbocycles. The van der Waals surface area contributed by atoms with Crippen LogP contribution >= 0.6 is 79.6 Å². The number of hydrogen-bond donors (Lipinski definition) is 8. The molecule has 6 amide bonds. The molecular weight excluding hydrogens is 2180 g/mol. The summed E-state index contributed by atoms with van der Waals surface area (Å²) in [4.78, 5) is 82.3. The van der Waals surface area contributed by atoms with Gasteiger partial charge in [-0.25, -0.2) is 38.6 Å². The van der Waals surface area contributed by atoms with Crippen molar-refractivity contribution in [1.82, 2.24) is 20.4 Å². The van der Waals surface area contributed by atoms with E-state index in [9.17, 15) is 62.4 Å². The van der Waals surface area contributed by atoms with Crippen molar-refractivity contribution in [1.29, 1.82) is 0 Å². The number of allylic oxidation sites excluding steroid dienone is 2. The van der Waals surface area contributed by atoms with Crippen LogP contribution < -0.4 is 34.3 Å². The first-order chi connectivity index (χ1) is 66.8. The number of aliphatic hydroxyl groups is 4. The van der Waals surface area contributed by atoms with Gasteiger partial charge >= 0.3 is 42.7 Å². The zero-order valence-electron chi connectivity index (χ0n) is 84.6. The number of nitrogens with zero attached hydrogens (tertiary/aromatic N) is 2. The molecule has 4 aliphatic heterocycles. The van der Waals surface area contributed by atoms with Crippen molar-refractivity contribution < 1.29 is 131 Å². The fourth-order valence-corrected chi connectivity index (χ4v) is 13.5. The molecule has 4 aliphatic rings. The van der Waals surface area contributed by atoms with E-state index in [1.165, 1.54) is 11.6 Å². The Hall–Kier alpha value is -10.7. The van der Waals surface area contributed by atoms with Crippen molar-refractivity contribution in [2.75, 3.05) is 64.5 Å². The van der Waals surface area contributed by atoms with Crippen molar-refractivity contribution in [3.63, 3.8) is 0 Å². The molecule has 0 spiro atoms. The zero-order chi connectivity index (χ0) is 108. The molecule has 36 heteroatoms. The van der Waals surface area contributed by atoms with Gasteiger partial charge in [0.1, 0.15) is 105 Å². The second-order valence-corrected chi connectivity index (χ2v) is 41.4. The molecule has 790 valence electrons. The Bertz CT molecular complexity index is 5160. The third kappa shape index (κ3) is 54.2. The minimum absolute atomic E-state index is 0. The van der Waals surface area contributed by atoms with Crippen LogP contribution in [0, 0.1) is 0 Å². The number of benzene rings is 7. The number of ether oxygens (including phenoxy) is 11. The Morgan fingerprint density at radius 2 is 0.790 bits per heavy atom. The number of alkyl carbamates (subject to hydrolysis) is 2. The molecule has 0 aliphatic carbocycles. The number of rotatable bonds is 22. The van der Waals surface area contributed by atoms with E-state index in [0.29, 0.717) is 44.0 Å². The standard InChI is InChI=1S/C22H31NO6.C17H25NO4.C17H23NO4.C13H23NO4.C9H9BrO2.2C9H9BrO.C6H5BrO.C3H5Br.C2HF3O.H2/c1-21(2,3)28-19(25)23(20(26)29-22(4,5)6)12-8-11-15-9-7-10-16-13-17(14-24)27-18(15)16;2*1-17(2,3)22-16(20)18-9-5-8-12-6-4-7-13-10-14(11-19)21-15(12)13;1-8-9-14(10(15)17-12(2,3)4)11(16)18-13(5,6)7;10-8-3-1-2-6-4-7(5-11)12-9(6)8;1-2-7-11-9-6-4-3-5-8(9)10;1-2-4-7-5-3-6-8(10)9(7)11;7-5-3-1-2-4-6(5)8;1-2-3-4;3-2(4,5)1-6;/h7-11,17,24H,12-14H2,1-6H3;4,6-7,14,19H,5,8-11H2,1-3H3,(H,18,20);4-8,14,19H,9-11H2,1-3H3,(H,18,20);8H,1,9H2,2-7H3;1-3,7,11H,4-5H2;2-6H,1,7H2;2-3,5-6,11H,1,4H2;1-4,8H;2H,1,3H2;1H;1H/b11-8+;;8-5+;;;;;;;;. The first-order valence-electron chi connectivity index (χ1n) is 45.6. The molecule has 0 radical (unpaired) electrons. The summed E-state index contributed by atoms with van der Waals surface area (Å²) in [5.41, 5.74) is 4.42. The fourth-order valence-electron chi connectivity index (χ4n) is 11.9. The number of phenolic OH excluding ortho intramolecular Hbond substituents is 2. The quantitative estimate of drug-likeness (QED) is 0.0103. The van der Waals surface area contributed by atoms with Crippen LogP contribution in [0.5, 0.6) is 40.2 Å². The normalized spacial score (nSPS) is 14.3. The Kier molecular flexibility index (Phi) is 57.7. The molecule has 0 saturated heterocycles. The van der Waals surface area contributed by atoms with Gasteiger partial charge < -0.3 is 93.4 Å². The van der Waals surface area contributed by atoms with E-state index in [4.69, 9.17) is 67.1 Å². The van der Waals surface area contributed by atoms with E-state index in [0.717, 1.165) is 127 Å². The van der Waals surface area contributed by atoms with Crippen molar-refractivity contribution in [3.05, 3.63) is 265 Å². The van der Waals surface area contributed by atoms with Crippen molar-refractivity contribution >= 4 is 135 Å². The Balaban J connectivity index is 0.000000830. The van der Waals surface area contributed by atoms with E-state index in [1.54, 1.807) is 132 Å². The number of hydrogen-bond acceptors (Lipinski definition) is 24. The molecule has 7 aromatic rings. The molecule has 7 aromatic carbocycles. The summed E-state index contributed by atoms with van der Waals surface area (Å²) >= 11 is 16.3. The summed E-state index contributed by atoms with van der Waals surface area (Å²) in [5, 5.41) is 61.3. The van der Waals surface area contributed by atoms with Crippen LogP contribution in [-0.4, -0.2) is 212 Å². The third-order valence-electron chi connectivity index (χ3n) is 17.7. The van der Waals surface area contributed by atoms with Crippen LogP contribution in [0.25, 0.3) is 12.2 Å². The summed E-state index contributed by atoms with van der Waals surface area (Å²) in [5.74, 6) is 4.77. The number of aromatic hydroxyl groups is 2. The van der Waals surface area contributed by atoms with Crippen LogP contribution in [0.1, 0.15) is 177 Å². The number of alkyl halides is 4. The second-order valence-electron chi connectivity index (χ2n) is 37.3. The van der Waals surface area contributed by atoms with E-state index in [1.807, 2.05) is 175 Å². The SMILES string of the molecule is C=CCBr.C=CCN(C(=O)OC(C)(C)C)C(=O)OC(C)(C)C.C=CCOc1ccccc1Br.C=CCc1cccc(Br)c1O.CC(C)(C)OC(=O)N(C/C=C/c1cccc2c1OC(CO)C2)C(=O)OC(C)(C)C.CC(C)(C)OC(=O)NC/C=C/c1cccc2c1OC(CO)C2.CC(C)(C)OC(=O)NCCCc1cccc2c1OC(CO)C2.O=CC(F)(F)F.OCC1Cc2cccc(Br)c2O1.Oc1ccccc1Br.[HH]. The highest BCUT2D eigenvalue weighted by atomic mass is 79.9. The van der Waals surface area contributed by atoms with Gasteiger partial charge in [0.05, 0.1) is 57.4 Å². The maximum absolute atomic E-state index is 12.5. The first-order valence-corrected chi connectivity index (χ1v) is 49.9. The van der Waals surface area contributed by atoms with Gasteiger partial charge in [-0.05, 0) is 277 Å². The number of aliphatic hydroxyl groups excluding tert-OH is 4. The molecule has 4 heterocycles. The number of aldehydes is 1. The number of carbonyl (C=O) groups excluding carboxylic acids is 7. The Morgan fingerprint density at radius 1 is 0.434 bits per heavy atom. The fraction of sp³-hybridized carbons (Fsp3) is 0.430. The Morgan fingerprint density at radius 3 is 1.17 bits per heavy atom. The molecule has 0 fully saturated rings. The lowest BCUT2D eigenvalue weighted by atomic mass is 10.0. The van der Waals surface area contributed by atoms with Crippen LogP contribution in [0.4, 0.5) is 41.9 Å². The van der Waals surface area contributed by atoms with Crippen LogP contribution in [0.2, 0.25) is 0 Å². The predicted molar refractivity (Wildman–Crippen MR) is 571 cm³/mol. The third-order valence-corrected chi connectivity index (χ3v) is 20.7. The lowest BCUT2D eigenvalue weighted by Gasteiger charge is -2.28. The average molecular weight is 2320 g/mol. The van der Waals surface area contributed by atoms with Gasteiger partial charge in [0.25, 0.3) is 0 Å². The minimum Gasteiger partial charge on any atom is -0.507 e. The van der Waals surface area contributed by atoms with E-state index in [2.05, 4.69) is 117 Å². The van der Waals surface area contributed by atoms with E-state index < -0.39 is 76.5 Å². The summed E-state index contributed by atoms with van der Waals surface area (Å²) in [6, 6.07) is 44.0. The predicted octanol–water partition coefficient (Wildman–Crippen LogP) is 24.8. The molecule has 4 atom stereocenters. The van der Waals surface area contributed by atoms with Gasteiger partial charge in [0, 0.05) is 56.7 Å². The molecule has 143 heavy (non-hydrogen) atoms. The van der Waals surface area contributed by atoms with E-state index >= 15 is 0 Å². The monoisotopic (exact) mass is 2320 g/mol. The Labute approximate surface area is 882 Å². The van der Waals surface area contributed by atoms with Crippen LogP contribution in [-0.2, 0) is 71.7 Å². The van der Waals surface area contributed by atoms with Gasteiger partial charge in [-0.3, -0.25) is 4.79 Å². The summed E-state index contributed by atoms with van der Waals surface area (Å²) < 4.78 is 94.0. The number of carbonyl (C=O) groups is 7. The van der Waals surface area contributed by atoms with Crippen molar-refractivity contribution in [2.45, 2.75) is 234 Å². The lowest BCUT2D eigenvalue weighted by molar-refractivity contribution is -0.156.